The summed E-state index contributed by atoms with van der Waals surface area (Å²) in [6.45, 7) is 9.29. The maximum Gasteiger partial charge on any atom is 0.244 e. The van der Waals surface area contributed by atoms with Gasteiger partial charge in [-0.25, -0.2) is 13.1 Å². The van der Waals surface area contributed by atoms with Crippen molar-refractivity contribution < 1.29 is 17.9 Å². The molecule has 1 aromatic heterocycles. The van der Waals surface area contributed by atoms with Gasteiger partial charge in [-0.2, -0.15) is 9.40 Å². The summed E-state index contributed by atoms with van der Waals surface area (Å²) in [6.07, 6.45) is 0. The van der Waals surface area contributed by atoms with Gasteiger partial charge >= 0.3 is 0 Å². The van der Waals surface area contributed by atoms with Gasteiger partial charge in [-0.1, -0.05) is 57.2 Å². The number of hydrogen-bond acceptors (Lipinski definition) is 5. The largest absolute Gasteiger partial charge is 0.497 e. The number of nitrogens with one attached hydrogen (secondary N) is 1. The SMILES string of the molecule is COc1ccc(-n2nc(C(C)(C)C)cc2NC(=O)CN(C(C)C)S(=O)(=O)c2cccc3ccccc23)cc1. The Kier molecular flexibility index (Phi) is 7.62. The normalized spacial score (nSPS) is 12.3. The second kappa shape index (κ2) is 10.6. The van der Waals surface area contributed by atoms with Gasteiger partial charge in [-0.05, 0) is 49.6 Å². The molecule has 3 aromatic carbocycles. The van der Waals surface area contributed by atoms with E-state index in [1.165, 1.54) is 4.31 Å². The number of carbonyl (C=O) groups is 1. The fraction of sp³-hybridized carbons (Fsp3) is 0.310. The highest BCUT2D eigenvalue weighted by Crippen LogP contribution is 2.29. The van der Waals surface area contributed by atoms with Crippen molar-refractivity contribution in [3.8, 4) is 11.4 Å². The van der Waals surface area contributed by atoms with E-state index in [9.17, 15) is 13.2 Å². The van der Waals surface area contributed by atoms with Crippen molar-refractivity contribution in [3.63, 3.8) is 0 Å². The summed E-state index contributed by atoms with van der Waals surface area (Å²) in [4.78, 5) is 13.5. The Bertz CT molecular complexity index is 1550. The number of carbonyl (C=O) groups excluding carboxylic acids is 1. The fourth-order valence-corrected chi connectivity index (χ4v) is 5.98. The van der Waals surface area contributed by atoms with Crippen molar-refractivity contribution in [2.45, 2.75) is 51.0 Å². The summed E-state index contributed by atoms with van der Waals surface area (Å²) >= 11 is 0. The van der Waals surface area contributed by atoms with Crippen LogP contribution in [0.15, 0.2) is 77.7 Å². The Morgan fingerprint density at radius 1 is 1.03 bits per heavy atom. The zero-order valence-electron chi connectivity index (χ0n) is 22.6. The molecular formula is C29H34N4O4S. The maximum atomic E-state index is 13.8. The number of amides is 1. The lowest BCUT2D eigenvalue weighted by molar-refractivity contribution is -0.116. The number of aromatic nitrogens is 2. The number of methoxy groups -OCH3 is 1. The van der Waals surface area contributed by atoms with Crippen LogP contribution >= 0.6 is 0 Å². The van der Waals surface area contributed by atoms with E-state index in [1.807, 2.05) is 69.3 Å². The smallest absolute Gasteiger partial charge is 0.244 e. The average molecular weight is 535 g/mol. The van der Waals surface area contributed by atoms with E-state index in [1.54, 1.807) is 49.9 Å². The summed E-state index contributed by atoms with van der Waals surface area (Å²) in [5, 5.41) is 9.07. The van der Waals surface area contributed by atoms with Gasteiger partial charge < -0.3 is 10.1 Å². The minimum atomic E-state index is -3.97. The first kappa shape index (κ1) is 27.3. The quantitative estimate of drug-likeness (QED) is 0.328. The summed E-state index contributed by atoms with van der Waals surface area (Å²) < 4.78 is 35.7. The monoisotopic (exact) mass is 534 g/mol. The Morgan fingerprint density at radius 3 is 2.32 bits per heavy atom. The van der Waals surface area contributed by atoms with Crippen LogP contribution in [0.1, 0.15) is 40.3 Å². The molecule has 0 aliphatic rings. The van der Waals surface area contributed by atoms with Gasteiger partial charge in [0.25, 0.3) is 0 Å². The molecule has 8 nitrogen and oxygen atoms in total. The lowest BCUT2D eigenvalue weighted by atomic mass is 9.92. The van der Waals surface area contributed by atoms with Crippen LogP contribution in [0.3, 0.4) is 0 Å². The number of sulfonamides is 1. The third-order valence-electron chi connectivity index (χ3n) is 6.27. The molecule has 0 aliphatic heterocycles. The lowest BCUT2D eigenvalue weighted by Crippen LogP contribution is -2.42. The Balaban J connectivity index is 1.66. The molecule has 0 saturated carbocycles. The molecule has 1 N–H and O–H groups in total. The molecule has 200 valence electrons. The zero-order valence-corrected chi connectivity index (χ0v) is 23.4. The number of nitrogens with zero attached hydrogens (tertiary/aromatic N) is 3. The summed E-state index contributed by atoms with van der Waals surface area (Å²) in [5.41, 5.74) is 1.26. The van der Waals surface area contributed by atoms with E-state index in [0.29, 0.717) is 17.0 Å². The van der Waals surface area contributed by atoms with Crippen LogP contribution in [-0.4, -0.2) is 48.1 Å². The van der Waals surface area contributed by atoms with E-state index < -0.39 is 22.0 Å². The van der Waals surface area contributed by atoms with Crippen molar-refractivity contribution in [2.24, 2.45) is 0 Å². The number of hydrogen-bond donors (Lipinski definition) is 1. The molecule has 1 amide bonds. The van der Waals surface area contributed by atoms with Gasteiger partial charge in [0.2, 0.25) is 15.9 Å². The second-order valence-electron chi connectivity index (χ2n) is 10.4. The first-order valence-corrected chi connectivity index (χ1v) is 13.9. The molecule has 0 fully saturated rings. The van der Waals surface area contributed by atoms with Crippen molar-refractivity contribution in [1.29, 1.82) is 0 Å². The molecule has 0 saturated heterocycles. The van der Waals surface area contributed by atoms with E-state index in [2.05, 4.69) is 5.32 Å². The van der Waals surface area contributed by atoms with Crippen LogP contribution in [0.4, 0.5) is 5.82 Å². The van der Waals surface area contributed by atoms with E-state index in [4.69, 9.17) is 9.84 Å². The van der Waals surface area contributed by atoms with Crippen molar-refractivity contribution in [1.82, 2.24) is 14.1 Å². The molecule has 0 bridgehead atoms. The van der Waals surface area contributed by atoms with Gasteiger partial charge in [0.15, 0.2) is 0 Å². The zero-order chi connectivity index (χ0) is 27.7. The van der Waals surface area contributed by atoms with E-state index >= 15 is 0 Å². The molecule has 4 rings (SSSR count). The van der Waals surface area contributed by atoms with Crippen LogP contribution < -0.4 is 10.1 Å². The van der Waals surface area contributed by atoms with Gasteiger partial charge in [-0.3, -0.25) is 4.79 Å². The van der Waals surface area contributed by atoms with Gasteiger partial charge in [0.05, 0.1) is 29.9 Å². The summed E-state index contributed by atoms with van der Waals surface area (Å²) in [5.74, 6) is 0.697. The molecule has 4 aromatic rings. The average Bonchev–Trinajstić information content (AvgIpc) is 3.31. The van der Waals surface area contributed by atoms with E-state index in [-0.39, 0.29) is 16.9 Å². The highest BCUT2D eigenvalue weighted by Gasteiger charge is 2.31. The van der Waals surface area contributed by atoms with Crippen molar-refractivity contribution in [3.05, 3.63) is 78.5 Å². The van der Waals surface area contributed by atoms with Crippen LogP contribution in [0.2, 0.25) is 0 Å². The van der Waals surface area contributed by atoms with Crippen molar-refractivity contribution in [2.75, 3.05) is 19.0 Å². The molecule has 0 radical (unpaired) electrons. The number of benzene rings is 3. The third kappa shape index (κ3) is 5.58. The molecule has 9 heteroatoms. The first-order chi connectivity index (χ1) is 17.9. The third-order valence-corrected chi connectivity index (χ3v) is 8.35. The van der Waals surface area contributed by atoms with Crippen molar-refractivity contribution >= 4 is 32.5 Å². The number of anilines is 1. The molecule has 0 atom stereocenters. The summed E-state index contributed by atoms with van der Waals surface area (Å²) in [6, 6.07) is 21.2. The van der Waals surface area contributed by atoms with Crippen LogP contribution in [0.5, 0.6) is 5.75 Å². The highest BCUT2D eigenvalue weighted by atomic mass is 32.2. The topological polar surface area (TPSA) is 93.5 Å². The van der Waals surface area contributed by atoms with Crippen LogP contribution in [0, 0.1) is 0 Å². The Hall–Kier alpha value is -3.69. The molecule has 0 spiro atoms. The highest BCUT2D eigenvalue weighted by molar-refractivity contribution is 7.89. The first-order valence-electron chi connectivity index (χ1n) is 12.5. The standard InChI is InChI=1S/C29H34N4O4S/c1-20(2)32(38(35,36)25-13-9-11-21-10-7-8-12-24(21)25)19-28(34)30-27-18-26(29(3,4)5)31-33(27)22-14-16-23(37-6)17-15-22/h7-18,20H,19H2,1-6H3,(H,30,34). The number of fused-ring (bicyclic) bond motifs is 1. The fourth-order valence-electron chi connectivity index (χ4n) is 4.17. The van der Waals surface area contributed by atoms with Crippen LogP contribution in [0.25, 0.3) is 16.5 Å². The molecule has 1 heterocycles. The Morgan fingerprint density at radius 2 is 1.68 bits per heavy atom. The van der Waals surface area contributed by atoms with Gasteiger partial charge in [0.1, 0.15) is 11.6 Å². The van der Waals surface area contributed by atoms with Gasteiger partial charge in [0, 0.05) is 22.9 Å². The predicted octanol–water partition coefficient (Wildman–Crippen LogP) is 5.37. The van der Waals surface area contributed by atoms with Crippen LogP contribution in [-0.2, 0) is 20.2 Å². The maximum absolute atomic E-state index is 13.8. The van der Waals surface area contributed by atoms with Gasteiger partial charge in [-0.15, -0.1) is 0 Å². The number of ether oxygens (including phenoxy) is 1. The molecule has 0 unspecified atom stereocenters. The molecule has 0 aliphatic carbocycles. The summed E-state index contributed by atoms with van der Waals surface area (Å²) in [7, 11) is -2.37. The minimum Gasteiger partial charge on any atom is -0.497 e. The molecular weight excluding hydrogens is 500 g/mol. The minimum absolute atomic E-state index is 0.176. The lowest BCUT2D eigenvalue weighted by Gasteiger charge is -2.26. The van der Waals surface area contributed by atoms with E-state index in [0.717, 1.165) is 16.8 Å². The predicted molar refractivity (Wildman–Crippen MR) is 150 cm³/mol. The second-order valence-corrected chi connectivity index (χ2v) is 12.3. The number of rotatable bonds is 8. The molecule has 38 heavy (non-hydrogen) atoms. The Labute approximate surface area is 224 Å².